The van der Waals surface area contributed by atoms with Crippen molar-refractivity contribution in [3.05, 3.63) is 0 Å². The summed E-state index contributed by atoms with van der Waals surface area (Å²) in [5.74, 6) is 0. The van der Waals surface area contributed by atoms with E-state index in [1.54, 1.807) is 11.9 Å². The van der Waals surface area contributed by atoms with Gasteiger partial charge in [0.05, 0.1) is 6.04 Å². The van der Waals surface area contributed by atoms with Gasteiger partial charge in [-0.15, -0.1) is 0 Å². The molecule has 5 heteroatoms. The lowest BCUT2D eigenvalue weighted by molar-refractivity contribution is 0.193. The van der Waals surface area contributed by atoms with Crippen molar-refractivity contribution in [3.63, 3.8) is 0 Å². The van der Waals surface area contributed by atoms with Gasteiger partial charge in [0, 0.05) is 20.1 Å². The van der Waals surface area contributed by atoms with Crippen LogP contribution in [0.1, 0.15) is 0 Å². The van der Waals surface area contributed by atoms with Gasteiger partial charge < -0.3 is 10.2 Å². The number of imide groups is 1. The van der Waals surface area contributed by atoms with E-state index in [0.717, 1.165) is 0 Å². The topological polar surface area (TPSA) is 52.7 Å². The summed E-state index contributed by atoms with van der Waals surface area (Å²) < 4.78 is 0. The first-order valence-electron chi connectivity index (χ1n) is 3.52. The third-order valence-electron chi connectivity index (χ3n) is 2.09. The summed E-state index contributed by atoms with van der Waals surface area (Å²) in [6, 6.07) is -0.394. The maximum Gasteiger partial charge on any atom is 0.328 e. The summed E-state index contributed by atoms with van der Waals surface area (Å²) >= 11 is 0. The van der Waals surface area contributed by atoms with Crippen LogP contribution < -0.4 is 5.32 Å². The van der Waals surface area contributed by atoms with Crippen LogP contribution in [0, 0.1) is 0 Å². The predicted molar refractivity (Wildman–Crippen MR) is 37.1 cm³/mol. The van der Waals surface area contributed by atoms with E-state index >= 15 is 0 Å². The van der Waals surface area contributed by atoms with Gasteiger partial charge in [-0.05, 0) is 0 Å². The second-order valence-electron chi connectivity index (χ2n) is 2.87. The van der Waals surface area contributed by atoms with Crippen LogP contribution in [0.2, 0.25) is 0 Å². The van der Waals surface area contributed by atoms with E-state index in [9.17, 15) is 9.59 Å². The summed E-state index contributed by atoms with van der Waals surface area (Å²) in [7, 11) is 1.70. The third-order valence-corrected chi connectivity index (χ3v) is 2.09. The molecule has 0 radical (unpaired) electrons. The zero-order valence-electron chi connectivity index (χ0n) is 6.20. The predicted octanol–water partition coefficient (Wildman–Crippen LogP) is -0.554. The summed E-state index contributed by atoms with van der Waals surface area (Å²) in [5, 5.41) is 2.61. The van der Waals surface area contributed by atoms with E-state index in [1.165, 1.54) is 4.90 Å². The fourth-order valence-electron chi connectivity index (χ4n) is 1.51. The highest BCUT2D eigenvalue weighted by atomic mass is 16.2. The molecule has 4 amide bonds. The zero-order chi connectivity index (χ0) is 8.01. The Hall–Kier alpha value is -1.26. The van der Waals surface area contributed by atoms with Crippen LogP contribution in [-0.4, -0.2) is 48.0 Å². The molecule has 0 bridgehead atoms. The Morgan fingerprint density at radius 2 is 2.27 bits per heavy atom. The maximum absolute atomic E-state index is 11.2. The van der Waals surface area contributed by atoms with Crippen LogP contribution in [0.15, 0.2) is 0 Å². The van der Waals surface area contributed by atoms with Gasteiger partial charge >= 0.3 is 12.1 Å². The van der Waals surface area contributed by atoms with Crippen molar-refractivity contribution in [2.24, 2.45) is 0 Å². The Balaban J connectivity index is 2.26. The quantitative estimate of drug-likeness (QED) is 0.510. The molecule has 2 fully saturated rings. The number of likely N-dealkylation sites (N-methyl/N-ethyl adjacent to an activating group) is 1. The summed E-state index contributed by atoms with van der Waals surface area (Å²) in [4.78, 5) is 25.0. The number of nitrogens with one attached hydrogen (secondary N) is 1. The molecule has 0 unspecified atom stereocenters. The average Bonchev–Trinajstić information content (AvgIpc) is 2.41. The minimum Gasteiger partial charge on any atom is -0.335 e. The van der Waals surface area contributed by atoms with Gasteiger partial charge in [-0.1, -0.05) is 0 Å². The van der Waals surface area contributed by atoms with Crippen LogP contribution in [0.3, 0.4) is 0 Å². The minimum atomic E-state index is -0.260. The molecule has 60 valence electrons. The normalized spacial score (nSPS) is 29.4. The smallest absolute Gasteiger partial charge is 0.328 e. The molecule has 0 aromatic rings. The van der Waals surface area contributed by atoms with Gasteiger partial charge in [-0.25, -0.2) is 14.5 Å². The number of rotatable bonds is 0. The largest absolute Gasteiger partial charge is 0.335 e. The molecular formula is C6H9N3O2. The molecule has 0 aromatic heterocycles. The van der Waals surface area contributed by atoms with Gasteiger partial charge in [-0.3, -0.25) is 0 Å². The minimum absolute atomic E-state index is 0.0556. The van der Waals surface area contributed by atoms with Crippen molar-refractivity contribution in [1.29, 1.82) is 0 Å². The van der Waals surface area contributed by atoms with E-state index < -0.39 is 0 Å². The number of hydrogen-bond donors (Lipinski definition) is 1. The van der Waals surface area contributed by atoms with Crippen molar-refractivity contribution in [2.75, 3.05) is 20.1 Å². The van der Waals surface area contributed by atoms with Gasteiger partial charge in [0.2, 0.25) is 0 Å². The lowest BCUT2D eigenvalue weighted by Crippen LogP contribution is -2.35. The molecule has 2 saturated heterocycles. The van der Waals surface area contributed by atoms with E-state index in [4.69, 9.17) is 0 Å². The highest BCUT2D eigenvalue weighted by Crippen LogP contribution is 2.17. The summed E-state index contributed by atoms with van der Waals surface area (Å²) in [5.41, 5.74) is 0. The van der Waals surface area contributed by atoms with Crippen LogP contribution in [-0.2, 0) is 0 Å². The van der Waals surface area contributed by atoms with Crippen molar-refractivity contribution in [3.8, 4) is 0 Å². The Morgan fingerprint density at radius 1 is 1.55 bits per heavy atom. The molecule has 2 rings (SSSR count). The fourth-order valence-corrected chi connectivity index (χ4v) is 1.51. The number of carbonyl (C=O) groups excluding carboxylic acids is 2. The molecule has 1 atom stereocenters. The van der Waals surface area contributed by atoms with Gasteiger partial charge in [0.15, 0.2) is 0 Å². The van der Waals surface area contributed by atoms with Crippen molar-refractivity contribution in [2.45, 2.75) is 6.04 Å². The zero-order valence-corrected chi connectivity index (χ0v) is 6.20. The Bertz CT molecular complexity index is 228. The van der Waals surface area contributed by atoms with Crippen molar-refractivity contribution >= 4 is 12.1 Å². The van der Waals surface area contributed by atoms with E-state index in [0.29, 0.717) is 13.1 Å². The van der Waals surface area contributed by atoms with Gasteiger partial charge in [0.25, 0.3) is 0 Å². The van der Waals surface area contributed by atoms with Crippen LogP contribution in [0.5, 0.6) is 0 Å². The summed E-state index contributed by atoms with van der Waals surface area (Å²) in [6.07, 6.45) is 0. The first kappa shape index (κ1) is 6.45. The first-order valence-corrected chi connectivity index (χ1v) is 3.52. The molecule has 5 nitrogen and oxygen atoms in total. The molecule has 11 heavy (non-hydrogen) atoms. The molecule has 0 aliphatic carbocycles. The van der Waals surface area contributed by atoms with Gasteiger partial charge in [0.1, 0.15) is 0 Å². The number of amides is 4. The van der Waals surface area contributed by atoms with Crippen LogP contribution in [0.25, 0.3) is 0 Å². The Kier molecular flexibility index (Phi) is 1.10. The first-order chi connectivity index (χ1) is 5.20. The average molecular weight is 155 g/mol. The van der Waals surface area contributed by atoms with E-state index in [2.05, 4.69) is 5.32 Å². The highest BCUT2D eigenvalue weighted by Gasteiger charge is 2.43. The molecule has 0 aromatic carbocycles. The van der Waals surface area contributed by atoms with Crippen molar-refractivity contribution in [1.82, 2.24) is 15.1 Å². The fraction of sp³-hybridized carbons (Fsp3) is 0.667. The third kappa shape index (κ3) is 0.704. The lowest BCUT2D eigenvalue weighted by atomic mass is 10.3. The molecule has 1 N–H and O–H groups in total. The monoisotopic (exact) mass is 155 g/mol. The van der Waals surface area contributed by atoms with Gasteiger partial charge in [-0.2, -0.15) is 0 Å². The SMILES string of the molecule is CN1C[C@H]2CNC(=O)N2C1=O. The Morgan fingerprint density at radius 3 is 2.91 bits per heavy atom. The highest BCUT2D eigenvalue weighted by molar-refractivity contribution is 5.97. The van der Waals surface area contributed by atoms with E-state index in [-0.39, 0.29) is 18.1 Å². The molecule has 2 aliphatic heterocycles. The number of hydrogen-bond acceptors (Lipinski definition) is 2. The second-order valence-corrected chi connectivity index (χ2v) is 2.87. The molecule has 0 saturated carbocycles. The number of carbonyl (C=O) groups is 2. The maximum atomic E-state index is 11.2. The van der Waals surface area contributed by atoms with Crippen molar-refractivity contribution < 1.29 is 9.59 Å². The van der Waals surface area contributed by atoms with Crippen LogP contribution >= 0.6 is 0 Å². The molecule has 2 aliphatic rings. The number of urea groups is 2. The molecular weight excluding hydrogens is 146 g/mol. The lowest BCUT2D eigenvalue weighted by Gasteiger charge is -2.09. The molecule has 0 spiro atoms. The summed E-state index contributed by atoms with van der Waals surface area (Å²) in [6.45, 7) is 1.24. The van der Waals surface area contributed by atoms with E-state index in [1.807, 2.05) is 0 Å². The standard InChI is InChI=1S/C6H9N3O2/c1-8-3-4-2-7-5(10)9(4)6(8)11/h4H,2-3H2,1H3,(H,7,10)/t4-/m1/s1. The van der Waals surface area contributed by atoms with Crippen LogP contribution in [0.4, 0.5) is 9.59 Å². The molecule has 2 heterocycles. The number of fused-ring (bicyclic) bond motifs is 1. The second kappa shape index (κ2) is 1.87. The Labute approximate surface area is 63.9 Å². The number of nitrogens with zero attached hydrogens (tertiary/aromatic N) is 2.